The van der Waals surface area contributed by atoms with E-state index in [1.54, 1.807) is 12.3 Å². The molecule has 1 saturated carbocycles. The maximum absolute atomic E-state index is 12.1. The molecule has 1 aromatic carbocycles. The first-order chi connectivity index (χ1) is 16.7. The minimum atomic E-state index is -0.932. The highest BCUT2D eigenvalue weighted by Gasteiger charge is 2.41. The molecule has 8 heteroatoms. The van der Waals surface area contributed by atoms with E-state index in [4.69, 9.17) is 4.74 Å². The molecule has 2 atom stereocenters. The van der Waals surface area contributed by atoms with Crippen LogP contribution in [0.25, 0.3) is 11.0 Å². The normalized spacial score (nSPS) is 22.0. The fourth-order valence-electron chi connectivity index (χ4n) is 5.69. The van der Waals surface area contributed by atoms with Crippen molar-refractivity contribution in [2.75, 3.05) is 13.2 Å². The van der Waals surface area contributed by atoms with Crippen molar-refractivity contribution in [2.24, 2.45) is 10.8 Å². The predicted octanol–water partition coefficient (Wildman–Crippen LogP) is 5.47. The molecule has 0 saturated heterocycles. The summed E-state index contributed by atoms with van der Waals surface area (Å²) in [5.41, 5.74) is 3.02. The second-order valence-corrected chi connectivity index (χ2v) is 10.4. The van der Waals surface area contributed by atoms with E-state index in [2.05, 4.69) is 34.5 Å². The maximum Gasteiger partial charge on any atom is 0.407 e. The van der Waals surface area contributed by atoms with E-state index in [1.165, 1.54) is 4.90 Å². The van der Waals surface area contributed by atoms with Crippen molar-refractivity contribution >= 4 is 17.1 Å². The van der Waals surface area contributed by atoms with Crippen LogP contribution in [0.5, 0.6) is 5.75 Å². The highest BCUT2D eigenvalue weighted by atomic mass is 16.5. The minimum Gasteiger partial charge on any atom is -0.492 e. The van der Waals surface area contributed by atoms with Crippen molar-refractivity contribution in [2.45, 2.75) is 59.5 Å². The third-order valence-corrected chi connectivity index (χ3v) is 7.02. The first-order valence-corrected chi connectivity index (χ1v) is 12.1. The van der Waals surface area contributed by atoms with Gasteiger partial charge in [-0.05, 0) is 67.3 Å². The van der Waals surface area contributed by atoms with Crippen LogP contribution in [0.4, 0.5) is 4.79 Å². The van der Waals surface area contributed by atoms with Gasteiger partial charge in [0.1, 0.15) is 5.75 Å². The van der Waals surface area contributed by atoms with Crippen molar-refractivity contribution in [3.63, 3.8) is 0 Å². The van der Waals surface area contributed by atoms with Gasteiger partial charge in [-0.15, -0.1) is 0 Å². The molecule has 1 N–H and O–H groups in total. The largest absolute Gasteiger partial charge is 0.492 e. The van der Waals surface area contributed by atoms with Gasteiger partial charge in [-0.25, -0.2) is 9.78 Å². The van der Waals surface area contributed by atoms with Crippen LogP contribution in [0.2, 0.25) is 0 Å². The van der Waals surface area contributed by atoms with E-state index < -0.39 is 6.09 Å². The summed E-state index contributed by atoms with van der Waals surface area (Å²) < 4.78 is 7.58. The van der Waals surface area contributed by atoms with Crippen molar-refractivity contribution < 1.29 is 14.6 Å². The maximum atomic E-state index is 12.1. The lowest BCUT2D eigenvalue weighted by Crippen LogP contribution is -2.44. The Balaban J connectivity index is 1.48. The molecule has 0 unspecified atom stereocenters. The zero-order valence-corrected chi connectivity index (χ0v) is 20.7. The second kappa shape index (κ2) is 9.95. The summed E-state index contributed by atoms with van der Waals surface area (Å²) in [5.74, 6) is 0.682. The Bertz CT molecular complexity index is 1230. The topological polar surface area (TPSA) is 104 Å². The van der Waals surface area contributed by atoms with Gasteiger partial charge in [0.25, 0.3) is 0 Å². The number of carbonyl (C=O) groups is 1. The zero-order chi connectivity index (χ0) is 25.1. The van der Waals surface area contributed by atoms with E-state index in [9.17, 15) is 15.2 Å². The summed E-state index contributed by atoms with van der Waals surface area (Å²) in [4.78, 5) is 22.5. The first-order valence-electron chi connectivity index (χ1n) is 12.1. The average molecular weight is 476 g/mol. The van der Waals surface area contributed by atoms with Crippen LogP contribution >= 0.6 is 0 Å². The van der Waals surface area contributed by atoms with Crippen molar-refractivity contribution in [3.05, 3.63) is 54.1 Å². The Morgan fingerprint density at radius 2 is 2.03 bits per heavy atom. The molecule has 35 heavy (non-hydrogen) atoms. The number of rotatable bonds is 8. The summed E-state index contributed by atoms with van der Waals surface area (Å²) in [6.45, 7) is 8.44. The molecule has 0 bridgehead atoms. The summed E-state index contributed by atoms with van der Waals surface area (Å²) in [7, 11) is 0. The number of hydrogen-bond acceptors (Lipinski definition) is 5. The Kier molecular flexibility index (Phi) is 6.97. The smallest absolute Gasteiger partial charge is 0.407 e. The number of amides is 1. The highest BCUT2D eigenvalue weighted by molar-refractivity contribution is 5.77. The van der Waals surface area contributed by atoms with E-state index >= 15 is 0 Å². The number of imidazole rings is 1. The molecule has 3 aromatic rings. The third-order valence-electron chi connectivity index (χ3n) is 7.02. The van der Waals surface area contributed by atoms with Gasteiger partial charge in [0.05, 0.1) is 54.0 Å². The molecule has 1 amide bonds. The summed E-state index contributed by atoms with van der Waals surface area (Å²) >= 11 is 0. The number of hydrogen-bond donors (Lipinski definition) is 1. The molecular formula is C27H33N5O3. The molecule has 0 spiro atoms. The van der Waals surface area contributed by atoms with Crippen LogP contribution in [-0.2, 0) is 13.1 Å². The van der Waals surface area contributed by atoms with Crippen molar-refractivity contribution in [1.82, 2.24) is 19.4 Å². The molecular weight excluding hydrogens is 442 g/mol. The number of nitriles is 1. The van der Waals surface area contributed by atoms with Crippen LogP contribution in [0.1, 0.15) is 57.7 Å². The summed E-state index contributed by atoms with van der Waals surface area (Å²) in [6, 6.07) is 11.4. The minimum absolute atomic E-state index is 0.00909. The number of aromatic nitrogens is 3. The monoisotopic (exact) mass is 475 g/mol. The number of benzene rings is 1. The van der Waals surface area contributed by atoms with E-state index in [0.29, 0.717) is 30.2 Å². The van der Waals surface area contributed by atoms with Gasteiger partial charge in [-0.2, -0.15) is 5.26 Å². The Labute approximate surface area is 206 Å². The van der Waals surface area contributed by atoms with Gasteiger partial charge in [0, 0.05) is 13.1 Å². The fourth-order valence-corrected chi connectivity index (χ4v) is 5.69. The molecule has 2 aromatic heterocycles. The number of carboxylic acid groups (broad SMARTS) is 1. The number of pyridine rings is 1. The lowest BCUT2D eigenvalue weighted by Gasteiger charge is -2.46. The first kappa shape index (κ1) is 24.5. The van der Waals surface area contributed by atoms with Crippen LogP contribution in [0.3, 0.4) is 0 Å². The van der Waals surface area contributed by atoms with Gasteiger partial charge in [0.2, 0.25) is 0 Å². The molecule has 2 heterocycles. The Morgan fingerprint density at radius 1 is 1.23 bits per heavy atom. The SMILES string of the molecule is CCOc1ccc(CN(C[C@@]2(C)CCC[C@](C)(Cn3cnc4ccc(C#N)cc43)C2)C(=O)O)nc1. The zero-order valence-electron chi connectivity index (χ0n) is 20.7. The lowest BCUT2D eigenvalue weighted by molar-refractivity contribution is 0.0362. The van der Waals surface area contributed by atoms with Gasteiger partial charge in [-0.1, -0.05) is 20.3 Å². The fraction of sp³-hybridized carbons (Fsp3) is 0.481. The molecule has 0 aliphatic heterocycles. The van der Waals surface area contributed by atoms with Gasteiger partial charge in [-0.3, -0.25) is 4.98 Å². The van der Waals surface area contributed by atoms with Crippen molar-refractivity contribution in [1.29, 1.82) is 5.26 Å². The van der Waals surface area contributed by atoms with Crippen molar-refractivity contribution in [3.8, 4) is 11.8 Å². The van der Waals surface area contributed by atoms with E-state index in [0.717, 1.165) is 43.3 Å². The molecule has 1 aliphatic carbocycles. The van der Waals surface area contributed by atoms with Gasteiger partial charge < -0.3 is 19.3 Å². The predicted molar refractivity (Wildman–Crippen MR) is 133 cm³/mol. The van der Waals surface area contributed by atoms with Crippen LogP contribution < -0.4 is 4.74 Å². The molecule has 1 fully saturated rings. The van der Waals surface area contributed by atoms with Gasteiger partial charge in [0.15, 0.2) is 0 Å². The Hall–Kier alpha value is -3.60. The second-order valence-electron chi connectivity index (χ2n) is 10.4. The highest BCUT2D eigenvalue weighted by Crippen LogP contribution is 2.48. The number of ether oxygens (including phenoxy) is 1. The molecule has 4 rings (SSSR count). The number of nitrogens with zero attached hydrogens (tertiary/aromatic N) is 5. The average Bonchev–Trinajstić information content (AvgIpc) is 3.20. The number of fused-ring (bicyclic) bond motifs is 1. The Morgan fingerprint density at radius 3 is 2.71 bits per heavy atom. The lowest BCUT2D eigenvalue weighted by atomic mass is 9.63. The van der Waals surface area contributed by atoms with E-state index in [1.807, 2.05) is 37.5 Å². The van der Waals surface area contributed by atoms with Crippen LogP contribution in [0, 0.1) is 22.2 Å². The van der Waals surface area contributed by atoms with E-state index in [-0.39, 0.29) is 17.4 Å². The standard InChI is InChI=1S/C27H33N5O3/c1-4-35-22-8-7-21(29-14-22)15-31(25(33)34)17-26(2)10-5-11-27(3,16-26)18-32-19-30-23-9-6-20(13-28)12-24(23)32/h6-9,12,14,19H,4-5,10-11,15-18H2,1-3H3,(H,33,34)/t26-,27-/m0/s1. The van der Waals surface area contributed by atoms with Gasteiger partial charge >= 0.3 is 6.09 Å². The molecule has 184 valence electrons. The summed E-state index contributed by atoms with van der Waals surface area (Å²) in [5, 5.41) is 19.3. The quantitative estimate of drug-likeness (QED) is 0.463. The van der Waals surface area contributed by atoms with Crippen LogP contribution in [0.15, 0.2) is 42.9 Å². The summed E-state index contributed by atoms with van der Waals surface area (Å²) in [6.07, 6.45) is 6.55. The third kappa shape index (κ3) is 5.73. The molecule has 0 radical (unpaired) electrons. The molecule has 8 nitrogen and oxygen atoms in total. The molecule has 1 aliphatic rings. The van der Waals surface area contributed by atoms with Crippen LogP contribution in [-0.4, -0.2) is 43.8 Å².